The number of para-hydroxylation sites is 1. The molecule has 0 spiro atoms. The molecule has 1 aromatic heterocycles. The minimum Gasteiger partial charge on any atom is -0.369 e. The highest BCUT2D eigenvalue weighted by atomic mass is 16.2. The molecule has 126 valence electrons. The average molecular weight is 327 g/mol. The second kappa shape index (κ2) is 6.45. The van der Waals surface area contributed by atoms with Crippen LogP contribution in [0.3, 0.4) is 0 Å². The number of nitrogens with two attached hydrogens (primary N) is 1. The number of aromatic nitrogens is 2. The molecule has 2 heterocycles. The van der Waals surface area contributed by atoms with Crippen LogP contribution < -0.4 is 11.1 Å². The van der Waals surface area contributed by atoms with E-state index in [0.29, 0.717) is 13.1 Å². The van der Waals surface area contributed by atoms with Crippen LogP contribution in [-0.4, -0.2) is 46.1 Å². The van der Waals surface area contributed by atoms with E-state index in [1.807, 2.05) is 53.8 Å². The molecule has 7 heteroatoms. The van der Waals surface area contributed by atoms with Gasteiger partial charge in [-0.1, -0.05) is 18.2 Å². The van der Waals surface area contributed by atoms with E-state index in [0.717, 1.165) is 22.6 Å². The molecule has 1 fully saturated rings. The van der Waals surface area contributed by atoms with Gasteiger partial charge in [-0.05, 0) is 26.0 Å². The van der Waals surface area contributed by atoms with Crippen LogP contribution in [0, 0.1) is 13.8 Å². The second-order valence-corrected chi connectivity index (χ2v) is 5.96. The molecule has 3 rings (SSSR count). The number of hydrogen-bond acceptors (Lipinski definition) is 4. The van der Waals surface area contributed by atoms with E-state index in [-0.39, 0.29) is 12.5 Å². The zero-order valence-corrected chi connectivity index (χ0v) is 13.8. The van der Waals surface area contributed by atoms with E-state index in [1.54, 1.807) is 0 Å². The molecule has 1 atom stereocenters. The van der Waals surface area contributed by atoms with E-state index in [2.05, 4.69) is 10.4 Å². The van der Waals surface area contributed by atoms with Crippen LogP contribution in [-0.2, 0) is 9.59 Å². The number of rotatable bonds is 4. The third-order valence-electron chi connectivity index (χ3n) is 4.29. The van der Waals surface area contributed by atoms with Gasteiger partial charge in [0, 0.05) is 24.3 Å². The fourth-order valence-electron chi connectivity index (χ4n) is 3.27. The van der Waals surface area contributed by atoms with Crippen molar-refractivity contribution in [3.63, 3.8) is 0 Å². The number of hydrogen-bond donors (Lipinski definition) is 2. The Kier molecular flexibility index (Phi) is 4.35. The van der Waals surface area contributed by atoms with Gasteiger partial charge in [-0.25, -0.2) is 4.68 Å². The number of carbonyl (C=O) groups excluding carboxylic acids is 2. The van der Waals surface area contributed by atoms with Gasteiger partial charge in [0.1, 0.15) is 6.04 Å². The first kappa shape index (κ1) is 16.2. The summed E-state index contributed by atoms with van der Waals surface area (Å²) in [5.41, 5.74) is 8.77. The van der Waals surface area contributed by atoms with Gasteiger partial charge in [-0.3, -0.25) is 14.5 Å². The maximum Gasteiger partial charge on any atom is 0.242 e. The van der Waals surface area contributed by atoms with Crippen LogP contribution in [0.15, 0.2) is 30.3 Å². The van der Waals surface area contributed by atoms with E-state index < -0.39 is 11.9 Å². The molecule has 1 saturated heterocycles. The number of primary amides is 1. The quantitative estimate of drug-likeness (QED) is 0.852. The van der Waals surface area contributed by atoms with Crippen molar-refractivity contribution in [1.29, 1.82) is 0 Å². The van der Waals surface area contributed by atoms with Gasteiger partial charge < -0.3 is 11.1 Å². The van der Waals surface area contributed by atoms with Crippen LogP contribution in [0.25, 0.3) is 5.69 Å². The molecule has 0 saturated carbocycles. The summed E-state index contributed by atoms with van der Waals surface area (Å²) in [5.74, 6) is -0.568. The molecule has 1 aromatic carbocycles. The second-order valence-electron chi connectivity index (χ2n) is 5.96. The minimum absolute atomic E-state index is 0.0491. The first-order valence-corrected chi connectivity index (χ1v) is 7.90. The Labute approximate surface area is 140 Å². The molecular formula is C17H21N5O2. The highest BCUT2D eigenvalue weighted by Crippen LogP contribution is 2.29. The van der Waals surface area contributed by atoms with Gasteiger partial charge in [-0.15, -0.1) is 0 Å². The van der Waals surface area contributed by atoms with Gasteiger partial charge >= 0.3 is 0 Å². The number of benzene rings is 1. The Balaban J connectivity index is 2.05. The Hall–Kier alpha value is -2.67. The van der Waals surface area contributed by atoms with Crippen molar-refractivity contribution in [1.82, 2.24) is 20.0 Å². The molecule has 1 aliphatic heterocycles. The Morgan fingerprint density at radius 1 is 1.33 bits per heavy atom. The summed E-state index contributed by atoms with van der Waals surface area (Å²) in [5, 5.41) is 7.47. The van der Waals surface area contributed by atoms with Crippen molar-refractivity contribution < 1.29 is 9.59 Å². The molecule has 3 N–H and O–H groups in total. The lowest BCUT2D eigenvalue weighted by Gasteiger charge is -2.34. The number of amides is 2. The fourth-order valence-corrected chi connectivity index (χ4v) is 3.27. The Morgan fingerprint density at radius 3 is 2.71 bits per heavy atom. The van der Waals surface area contributed by atoms with Crippen molar-refractivity contribution in [3.8, 4) is 5.69 Å². The van der Waals surface area contributed by atoms with Gasteiger partial charge in [0.2, 0.25) is 11.8 Å². The van der Waals surface area contributed by atoms with Crippen LogP contribution >= 0.6 is 0 Å². The van der Waals surface area contributed by atoms with Crippen LogP contribution in [0.2, 0.25) is 0 Å². The average Bonchev–Trinajstić information content (AvgIpc) is 2.83. The number of carbonyl (C=O) groups is 2. The third kappa shape index (κ3) is 2.90. The number of piperazine rings is 1. The van der Waals surface area contributed by atoms with Gasteiger partial charge in [0.15, 0.2) is 0 Å². The lowest BCUT2D eigenvalue weighted by molar-refractivity contribution is -0.131. The van der Waals surface area contributed by atoms with Crippen LogP contribution in [0.5, 0.6) is 0 Å². The summed E-state index contributed by atoms with van der Waals surface area (Å²) in [6.45, 7) is 4.95. The molecule has 0 aliphatic carbocycles. The first-order chi connectivity index (χ1) is 11.5. The predicted octanol–water partition coefficient (Wildman–Crippen LogP) is 0.447. The highest BCUT2D eigenvalue weighted by molar-refractivity contribution is 5.86. The van der Waals surface area contributed by atoms with Gasteiger partial charge in [0.25, 0.3) is 0 Å². The largest absolute Gasteiger partial charge is 0.369 e. The van der Waals surface area contributed by atoms with Crippen molar-refractivity contribution >= 4 is 11.8 Å². The smallest absolute Gasteiger partial charge is 0.242 e. The van der Waals surface area contributed by atoms with Crippen molar-refractivity contribution in [2.45, 2.75) is 19.9 Å². The van der Waals surface area contributed by atoms with Gasteiger partial charge in [0.05, 0.1) is 17.9 Å². The summed E-state index contributed by atoms with van der Waals surface area (Å²) < 4.78 is 1.83. The number of nitrogens with zero attached hydrogens (tertiary/aromatic N) is 3. The highest BCUT2D eigenvalue weighted by Gasteiger charge is 2.35. The monoisotopic (exact) mass is 327 g/mol. The number of aryl methyl sites for hydroxylation is 1. The number of nitrogens with one attached hydrogen (secondary N) is 1. The SMILES string of the molecule is Cc1nn(-c2ccccc2)c(C)c1[C@H]1C(=O)NCCN1CC(N)=O. The maximum absolute atomic E-state index is 12.5. The summed E-state index contributed by atoms with van der Waals surface area (Å²) >= 11 is 0. The molecule has 0 radical (unpaired) electrons. The summed E-state index contributed by atoms with van der Waals surface area (Å²) in [6.07, 6.45) is 0. The normalized spacial score (nSPS) is 18.4. The van der Waals surface area contributed by atoms with E-state index >= 15 is 0 Å². The van der Waals surface area contributed by atoms with Crippen molar-refractivity contribution in [3.05, 3.63) is 47.3 Å². The Morgan fingerprint density at radius 2 is 2.04 bits per heavy atom. The topological polar surface area (TPSA) is 93.2 Å². The molecule has 0 bridgehead atoms. The van der Waals surface area contributed by atoms with E-state index in [1.165, 1.54) is 0 Å². The van der Waals surface area contributed by atoms with Crippen LogP contribution in [0.1, 0.15) is 23.0 Å². The third-order valence-corrected chi connectivity index (χ3v) is 4.29. The summed E-state index contributed by atoms with van der Waals surface area (Å²) in [7, 11) is 0. The molecule has 2 aromatic rings. The predicted molar refractivity (Wildman–Crippen MR) is 89.6 cm³/mol. The van der Waals surface area contributed by atoms with E-state index in [4.69, 9.17) is 5.73 Å². The van der Waals surface area contributed by atoms with Crippen molar-refractivity contribution in [2.75, 3.05) is 19.6 Å². The lowest BCUT2D eigenvalue weighted by atomic mass is 10.00. The first-order valence-electron chi connectivity index (χ1n) is 7.90. The molecule has 0 unspecified atom stereocenters. The van der Waals surface area contributed by atoms with Gasteiger partial charge in [-0.2, -0.15) is 5.10 Å². The lowest BCUT2D eigenvalue weighted by Crippen LogP contribution is -2.52. The molecule has 2 amide bonds. The van der Waals surface area contributed by atoms with E-state index in [9.17, 15) is 9.59 Å². The standard InChI is InChI=1S/C17H21N5O2/c1-11-15(12(2)22(20-11)13-6-4-3-5-7-13)16-17(24)19-8-9-21(16)10-14(18)23/h3-7,16H,8-10H2,1-2H3,(H2,18,23)(H,19,24)/t16-/m0/s1. The maximum atomic E-state index is 12.5. The van der Waals surface area contributed by atoms with Crippen molar-refractivity contribution in [2.24, 2.45) is 5.73 Å². The van der Waals surface area contributed by atoms with Crippen LogP contribution in [0.4, 0.5) is 0 Å². The molecule has 24 heavy (non-hydrogen) atoms. The molecule has 7 nitrogen and oxygen atoms in total. The zero-order valence-electron chi connectivity index (χ0n) is 13.8. The fraction of sp³-hybridized carbons (Fsp3) is 0.353. The molecule has 1 aliphatic rings. The Bertz CT molecular complexity index is 769. The minimum atomic E-state index is -0.552. The summed E-state index contributed by atoms with van der Waals surface area (Å²) in [6, 6.07) is 9.20. The summed E-state index contributed by atoms with van der Waals surface area (Å²) in [4.78, 5) is 25.7. The zero-order chi connectivity index (χ0) is 17.3. The molecular weight excluding hydrogens is 306 g/mol.